The topological polar surface area (TPSA) is 39.7 Å². The molecule has 0 radical (unpaired) electrons. The summed E-state index contributed by atoms with van der Waals surface area (Å²) in [5.41, 5.74) is 0. The quantitative estimate of drug-likeness (QED) is 0.359. The van der Waals surface area contributed by atoms with Gasteiger partial charge in [-0.3, -0.25) is 9.89 Å². The first-order valence-corrected chi connectivity index (χ1v) is 8.29. The third-order valence-electron chi connectivity index (χ3n) is 3.15. The van der Waals surface area contributed by atoms with Crippen molar-refractivity contribution in [1.29, 1.82) is 0 Å². The molecule has 4 nitrogen and oxygen atoms in total. The molecule has 1 aromatic rings. The number of rotatable bonds is 7. The number of hydrogen-bond acceptors (Lipinski definition) is 3. The fourth-order valence-corrected chi connectivity index (χ4v) is 3.15. The molecule has 0 amide bonds. The van der Waals surface area contributed by atoms with Crippen molar-refractivity contribution in [3.05, 3.63) is 21.9 Å². The van der Waals surface area contributed by atoms with E-state index < -0.39 is 12.7 Å². The number of alkyl halides is 3. The summed E-state index contributed by atoms with van der Waals surface area (Å²) in [6.07, 6.45) is -3.28. The van der Waals surface area contributed by atoms with Crippen molar-refractivity contribution in [3.63, 3.8) is 0 Å². The summed E-state index contributed by atoms with van der Waals surface area (Å²) < 4.78 is 36.7. The molecule has 0 saturated carbocycles. The van der Waals surface area contributed by atoms with Gasteiger partial charge in [0.15, 0.2) is 5.96 Å². The van der Waals surface area contributed by atoms with Gasteiger partial charge in [0.1, 0.15) is 0 Å². The molecule has 24 heavy (non-hydrogen) atoms. The van der Waals surface area contributed by atoms with Crippen LogP contribution in [-0.2, 0) is 6.42 Å². The van der Waals surface area contributed by atoms with E-state index in [9.17, 15) is 13.2 Å². The van der Waals surface area contributed by atoms with Gasteiger partial charge in [-0.25, -0.2) is 0 Å². The van der Waals surface area contributed by atoms with E-state index in [-0.39, 0.29) is 30.0 Å². The Labute approximate surface area is 162 Å². The Balaban J connectivity index is 0.00000529. The molecule has 0 aliphatic carbocycles. The summed E-state index contributed by atoms with van der Waals surface area (Å²) in [4.78, 5) is 7.91. The van der Waals surface area contributed by atoms with Crippen LogP contribution in [0.4, 0.5) is 13.2 Å². The van der Waals surface area contributed by atoms with Crippen LogP contribution in [0.25, 0.3) is 0 Å². The maximum atomic E-state index is 12.2. The van der Waals surface area contributed by atoms with Crippen LogP contribution < -0.4 is 10.6 Å². The van der Waals surface area contributed by atoms with Crippen molar-refractivity contribution >= 4 is 41.3 Å². The number of halogens is 4. The largest absolute Gasteiger partial charge is 0.401 e. The molecule has 0 saturated heterocycles. The van der Waals surface area contributed by atoms with E-state index in [1.54, 1.807) is 18.4 Å². The monoisotopic (exact) mass is 478 g/mol. The molecule has 0 aliphatic rings. The Morgan fingerprint density at radius 2 is 2.04 bits per heavy atom. The second kappa shape index (κ2) is 11.1. The highest BCUT2D eigenvalue weighted by molar-refractivity contribution is 14.0. The summed E-state index contributed by atoms with van der Waals surface area (Å²) in [5, 5.41) is 6.29. The zero-order valence-corrected chi connectivity index (χ0v) is 17.6. The maximum Gasteiger partial charge on any atom is 0.401 e. The number of nitrogens with one attached hydrogen (secondary N) is 2. The van der Waals surface area contributed by atoms with Crippen LogP contribution in [0.2, 0.25) is 0 Å². The maximum absolute atomic E-state index is 12.2. The zero-order chi connectivity index (χ0) is 17.5. The van der Waals surface area contributed by atoms with E-state index in [2.05, 4.69) is 41.6 Å². The Hall–Kier alpha value is -0.550. The molecule has 1 aromatic heterocycles. The average molecular weight is 478 g/mol. The van der Waals surface area contributed by atoms with Crippen molar-refractivity contribution in [2.75, 3.05) is 33.7 Å². The molecule has 9 heteroatoms. The summed E-state index contributed by atoms with van der Waals surface area (Å²) in [5.74, 6) is 0.603. The van der Waals surface area contributed by atoms with Crippen LogP contribution in [0, 0.1) is 6.92 Å². The summed E-state index contributed by atoms with van der Waals surface area (Å²) in [7, 11) is 3.10. The van der Waals surface area contributed by atoms with Crippen molar-refractivity contribution in [3.8, 4) is 0 Å². The molecular formula is C15H26F3IN4S. The van der Waals surface area contributed by atoms with Crippen LogP contribution in [0.15, 0.2) is 17.1 Å². The minimum Gasteiger partial charge on any atom is -0.355 e. The Kier molecular flexibility index (Phi) is 10.9. The van der Waals surface area contributed by atoms with Gasteiger partial charge in [0.05, 0.1) is 6.54 Å². The first-order chi connectivity index (χ1) is 10.7. The number of hydrogen-bond donors (Lipinski definition) is 2. The second-order valence-corrected chi connectivity index (χ2v) is 6.99. The van der Waals surface area contributed by atoms with E-state index >= 15 is 0 Å². The normalized spacial score (nSPS) is 13.6. The fraction of sp³-hybridized carbons (Fsp3) is 0.667. The molecule has 1 heterocycles. The van der Waals surface area contributed by atoms with E-state index in [0.717, 1.165) is 6.42 Å². The van der Waals surface area contributed by atoms with Gasteiger partial charge in [-0.05, 0) is 33.0 Å². The van der Waals surface area contributed by atoms with Gasteiger partial charge in [0.25, 0.3) is 0 Å². The lowest BCUT2D eigenvalue weighted by molar-refractivity contribution is -0.142. The SMILES string of the molecule is CN=C(NCCN(C)CC(F)(F)F)NC(C)Cc1ccc(C)s1.I. The van der Waals surface area contributed by atoms with E-state index in [0.29, 0.717) is 19.0 Å². The molecule has 1 rings (SSSR count). The third kappa shape index (κ3) is 10.3. The lowest BCUT2D eigenvalue weighted by Gasteiger charge is -2.21. The number of guanidine groups is 1. The van der Waals surface area contributed by atoms with Crippen molar-refractivity contribution in [2.24, 2.45) is 4.99 Å². The standard InChI is InChI=1S/C15H25F3N4S.HI/c1-11(9-13-6-5-12(2)23-13)21-14(19-3)20-7-8-22(4)10-15(16,17)18;/h5-6,11H,7-10H2,1-4H3,(H2,19,20,21);1H. The first kappa shape index (κ1) is 23.4. The lowest BCUT2D eigenvalue weighted by atomic mass is 10.2. The minimum absolute atomic E-state index is 0. The van der Waals surface area contributed by atoms with Gasteiger partial charge in [-0.15, -0.1) is 35.3 Å². The molecule has 2 N–H and O–H groups in total. The zero-order valence-electron chi connectivity index (χ0n) is 14.4. The molecule has 0 aliphatic heterocycles. The average Bonchev–Trinajstić information content (AvgIpc) is 2.80. The number of likely N-dealkylation sites (N-methyl/N-ethyl adjacent to an activating group) is 1. The van der Waals surface area contributed by atoms with Crippen LogP contribution in [-0.4, -0.2) is 56.8 Å². The van der Waals surface area contributed by atoms with Crippen LogP contribution in [0.3, 0.4) is 0 Å². The van der Waals surface area contributed by atoms with Gasteiger partial charge in [-0.1, -0.05) is 0 Å². The smallest absolute Gasteiger partial charge is 0.355 e. The summed E-state index contributed by atoms with van der Waals surface area (Å²) >= 11 is 1.76. The predicted molar refractivity (Wildman–Crippen MR) is 106 cm³/mol. The van der Waals surface area contributed by atoms with E-state index in [1.807, 2.05) is 0 Å². The van der Waals surface area contributed by atoms with Crippen molar-refractivity contribution in [2.45, 2.75) is 32.5 Å². The van der Waals surface area contributed by atoms with Crippen molar-refractivity contribution in [1.82, 2.24) is 15.5 Å². The van der Waals surface area contributed by atoms with Crippen LogP contribution in [0.1, 0.15) is 16.7 Å². The molecular weight excluding hydrogens is 452 g/mol. The fourth-order valence-electron chi connectivity index (χ4n) is 2.13. The van der Waals surface area contributed by atoms with Gasteiger partial charge in [0, 0.05) is 42.4 Å². The van der Waals surface area contributed by atoms with Crippen LogP contribution in [0.5, 0.6) is 0 Å². The summed E-state index contributed by atoms with van der Waals surface area (Å²) in [6.45, 7) is 3.91. The highest BCUT2D eigenvalue weighted by Gasteiger charge is 2.28. The molecule has 0 spiro atoms. The van der Waals surface area contributed by atoms with E-state index in [1.165, 1.54) is 21.7 Å². The van der Waals surface area contributed by atoms with Crippen LogP contribution >= 0.6 is 35.3 Å². The Morgan fingerprint density at radius 3 is 2.54 bits per heavy atom. The van der Waals surface area contributed by atoms with Gasteiger partial charge >= 0.3 is 6.18 Å². The second-order valence-electron chi connectivity index (χ2n) is 5.61. The van der Waals surface area contributed by atoms with Gasteiger partial charge in [0.2, 0.25) is 0 Å². The highest BCUT2D eigenvalue weighted by Crippen LogP contribution is 2.16. The van der Waals surface area contributed by atoms with Gasteiger partial charge < -0.3 is 10.6 Å². The Bertz CT molecular complexity index is 505. The minimum atomic E-state index is -4.16. The van der Waals surface area contributed by atoms with Crippen molar-refractivity contribution < 1.29 is 13.2 Å². The molecule has 140 valence electrons. The third-order valence-corrected chi connectivity index (χ3v) is 4.17. The summed E-state index contributed by atoms with van der Waals surface area (Å²) in [6, 6.07) is 4.39. The number of aliphatic imine (C=N–C) groups is 1. The Morgan fingerprint density at radius 1 is 1.38 bits per heavy atom. The number of thiophene rings is 1. The van der Waals surface area contributed by atoms with Gasteiger partial charge in [-0.2, -0.15) is 13.2 Å². The molecule has 1 atom stereocenters. The predicted octanol–water partition coefficient (Wildman–Crippen LogP) is 3.26. The molecule has 0 bridgehead atoms. The number of aryl methyl sites for hydroxylation is 1. The molecule has 0 aromatic carbocycles. The number of nitrogens with zero attached hydrogens (tertiary/aromatic N) is 2. The highest BCUT2D eigenvalue weighted by atomic mass is 127. The molecule has 0 fully saturated rings. The first-order valence-electron chi connectivity index (χ1n) is 7.47. The van der Waals surface area contributed by atoms with E-state index in [4.69, 9.17) is 0 Å². The lowest BCUT2D eigenvalue weighted by Crippen LogP contribution is -2.45. The molecule has 1 unspecified atom stereocenters.